The third-order valence-corrected chi connectivity index (χ3v) is 3.95. The Morgan fingerprint density at radius 3 is 2.52 bits per heavy atom. The summed E-state index contributed by atoms with van der Waals surface area (Å²) in [6.45, 7) is 0. The molecule has 21 heavy (non-hydrogen) atoms. The molecule has 0 saturated heterocycles. The fourth-order valence-corrected chi connectivity index (χ4v) is 2.52. The van der Waals surface area contributed by atoms with E-state index in [9.17, 15) is 0 Å². The van der Waals surface area contributed by atoms with E-state index in [-0.39, 0.29) is 0 Å². The van der Waals surface area contributed by atoms with Crippen molar-refractivity contribution in [1.29, 1.82) is 0 Å². The van der Waals surface area contributed by atoms with Crippen molar-refractivity contribution in [2.75, 3.05) is 11.1 Å². The molecule has 0 aliphatic heterocycles. The summed E-state index contributed by atoms with van der Waals surface area (Å²) in [5.41, 5.74) is 9.25. The number of nitrogens with zero attached hydrogens (tertiary/aromatic N) is 1. The Balaban J connectivity index is 2.02. The summed E-state index contributed by atoms with van der Waals surface area (Å²) in [5, 5.41) is 7.69. The van der Waals surface area contributed by atoms with Gasteiger partial charge in [-0.05, 0) is 65.1 Å². The number of halogens is 2. The maximum Gasteiger partial charge on any atom is 0.174 e. The van der Waals surface area contributed by atoms with Crippen LogP contribution in [0.2, 0.25) is 5.02 Å². The molecule has 1 heterocycles. The molecule has 3 N–H and O–H groups in total. The zero-order valence-electron chi connectivity index (χ0n) is 10.8. The van der Waals surface area contributed by atoms with Crippen molar-refractivity contribution in [3.63, 3.8) is 0 Å². The van der Waals surface area contributed by atoms with Gasteiger partial charge in [-0.15, -0.1) is 0 Å². The van der Waals surface area contributed by atoms with Gasteiger partial charge in [-0.25, -0.2) is 0 Å². The molecule has 0 spiro atoms. The van der Waals surface area contributed by atoms with E-state index in [2.05, 4.69) is 33.1 Å². The number of aromatic nitrogens is 1. The van der Waals surface area contributed by atoms with Gasteiger partial charge in [0.05, 0.1) is 5.56 Å². The Hall–Kier alpha value is -1.73. The molecule has 6 heteroatoms. The third-order valence-electron chi connectivity index (χ3n) is 2.99. The largest absolute Gasteiger partial charge is 0.380 e. The van der Waals surface area contributed by atoms with Gasteiger partial charge in [0, 0.05) is 25.5 Å². The van der Waals surface area contributed by atoms with Crippen LogP contribution in [-0.4, -0.2) is 5.16 Å². The van der Waals surface area contributed by atoms with Crippen molar-refractivity contribution >= 4 is 51.4 Å². The fourth-order valence-electron chi connectivity index (χ4n) is 1.98. The monoisotopic (exact) mass is 411 g/mol. The lowest BCUT2D eigenvalue weighted by molar-refractivity contribution is 0.423. The van der Waals surface area contributed by atoms with Gasteiger partial charge in [-0.2, -0.15) is 0 Å². The number of nitrogens with two attached hydrogens (primary N) is 1. The van der Waals surface area contributed by atoms with Crippen LogP contribution in [0.15, 0.2) is 53.3 Å². The van der Waals surface area contributed by atoms with Crippen LogP contribution >= 0.6 is 34.2 Å². The standard InChI is InChI=1S/C15H11ClIN3O/c16-9-1-6-14(19-11-4-2-10(17)3-5-11)12(7-9)13-8-21-20-15(13)18/h1-8,19H,(H2,18,20). The van der Waals surface area contributed by atoms with E-state index in [1.807, 2.05) is 42.5 Å². The van der Waals surface area contributed by atoms with Gasteiger partial charge in [-0.1, -0.05) is 16.8 Å². The predicted molar refractivity (Wildman–Crippen MR) is 93.8 cm³/mol. The van der Waals surface area contributed by atoms with Gasteiger partial charge in [0.25, 0.3) is 0 Å². The van der Waals surface area contributed by atoms with Gasteiger partial charge in [-0.3, -0.25) is 0 Å². The van der Waals surface area contributed by atoms with E-state index < -0.39 is 0 Å². The van der Waals surface area contributed by atoms with Crippen molar-refractivity contribution < 1.29 is 4.52 Å². The number of anilines is 3. The molecular weight excluding hydrogens is 401 g/mol. The van der Waals surface area contributed by atoms with Crippen molar-refractivity contribution in [3.8, 4) is 11.1 Å². The third kappa shape index (κ3) is 3.14. The summed E-state index contributed by atoms with van der Waals surface area (Å²) in [5.74, 6) is 0.336. The number of rotatable bonds is 3. The van der Waals surface area contributed by atoms with Crippen LogP contribution in [-0.2, 0) is 0 Å². The first kappa shape index (κ1) is 14.2. The number of hydrogen-bond acceptors (Lipinski definition) is 4. The summed E-state index contributed by atoms with van der Waals surface area (Å²) in [7, 11) is 0. The van der Waals surface area contributed by atoms with E-state index in [4.69, 9.17) is 21.9 Å². The van der Waals surface area contributed by atoms with Crippen LogP contribution in [0, 0.1) is 3.57 Å². The minimum absolute atomic E-state index is 0.336. The number of hydrogen-bond donors (Lipinski definition) is 2. The summed E-state index contributed by atoms with van der Waals surface area (Å²) in [4.78, 5) is 0. The van der Waals surface area contributed by atoms with Gasteiger partial charge >= 0.3 is 0 Å². The van der Waals surface area contributed by atoms with Crippen molar-refractivity contribution in [2.45, 2.75) is 0 Å². The van der Waals surface area contributed by atoms with Crippen LogP contribution in [0.4, 0.5) is 17.2 Å². The maximum atomic E-state index is 6.09. The molecule has 0 bridgehead atoms. The highest BCUT2D eigenvalue weighted by Crippen LogP contribution is 2.35. The predicted octanol–water partition coefficient (Wildman–Crippen LogP) is 4.93. The summed E-state index contributed by atoms with van der Waals surface area (Å²) >= 11 is 8.36. The van der Waals surface area contributed by atoms with Gasteiger partial charge < -0.3 is 15.6 Å². The molecule has 4 nitrogen and oxygen atoms in total. The van der Waals surface area contributed by atoms with E-state index in [1.54, 1.807) is 0 Å². The maximum absolute atomic E-state index is 6.09. The molecule has 106 valence electrons. The molecule has 0 unspecified atom stereocenters. The summed E-state index contributed by atoms with van der Waals surface area (Å²) in [6, 6.07) is 13.7. The lowest BCUT2D eigenvalue weighted by atomic mass is 10.1. The molecule has 0 amide bonds. The second-order valence-corrected chi connectivity index (χ2v) is 6.12. The Labute approximate surface area is 140 Å². The first-order chi connectivity index (χ1) is 10.1. The van der Waals surface area contributed by atoms with Crippen LogP contribution < -0.4 is 11.1 Å². The summed E-state index contributed by atoms with van der Waals surface area (Å²) < 4.78 is 6.09. The normalized spacial score (nSPS) is 10.6. The van der Waals surface area contributed by atoms with Gasteiger partial charge in [0.2, 0.25) is 0 Å². The van der Waals surface area contributed by atoms with Gasteiger partial charge in [0.1, 0.15) is 6.26 Å². The minimum Gasteiger partial charge on any atom is -0.380 e. The molecule has 0 saturated carbocycles. The first-order valence-corrected chi connectivity index (χ1v) is 7.61. The smallest absolute Gasteiger partial charge is 0.174 e. The lowest BCUT2D eigenvalue weighted by Crippen LogP contribution is -1.95. The highest BCUT2D eigenvalue weighted by molar-refractivity contribution is 14.1. The van der Waals surface area contributed by atoms with Crippen LogP contribution in [0.5, 0.6) is 0 Å². The van der Waals surface area contributed by atoms with Crippen molar-refractivity contribution in [1.82, 2.24) is 5.16 Å². The fraction of sp³-hybridized carbons (Fsp3) is 0. The number of nitrogens with one attached hydrogen (secondary N) is 1. The van der Waals surface area contributed by atoms with E-state index in [0.717, 1.165) is 16.9 Å². The van der Waals surface area contributed by atoms with Crippen LogP contribution in [0.25, 0.3) is 11.1 Å². The van der Waals surface area contributed by atoms with E-state index in [0.29, 0.717) is 16.4 Å². The Morgan fingerprint density at radius 1 is 1.10 bits per heavy atom. The molecule has 0 atom stereocenters. The van der Waals surface area contributed by atoms with Crippen molar-refractivity contribution in [3.05, 3.63) is 57.3 Å². The molecule has 0 fully saturated rings. The molecule has 2 aromatic carbocycles. The Kier molecular flexibility index (Phi) is 4.03. The van der Waals surface area contributed by atoms with E-state index in [1.165, 1.54) is 9.83 Å². The van der Waals surface area contributed by atoms with Crippen LogP contribution in [0.3, 0.4) is 0 Å². The number of benzene rings is 2. The quantitative estimate of drug-likeness (QED) is 0.600. The SMILES string of the molecule is Nc1nocc1-c1cc(Cl)ccc1Nc1ccc(I)cc1. The molecule has 3 rings (SSSR count). The van der Waals surface area contributed by atoms with Crippen LogP contribution in [0.1, 0.15) is 0 Å². The topological polar surface area (TPSA) is 64.1 Å². The second kappa shape index (κ2) is 5.95. The summed E-state index contributed by atoms with van der Waals surface area (Å²) in [6.07, 6.45) is 1.51. The minimum atomic E-state index is 0.336. The Bertz CT molecular complexity index is 771. The highest BCUT2D eigenvalue weighted by atomic mass is 127. The average Bonchev–Trinajstić information content (AvgIpc) is 2.89. The number of nitrogen functional groups attached to an aromatic ring is 1. The zero-order valence-corrected chi connectivity index (χ0v) is 13.7. The second-order valence-electron chi connectivity index (χ2n) is 4.44. The molecule has 3 aromatic rings. The molecule has 0 radical (unpaired) electrons. The first-order valence-electron chi connectivity index (χ1n) is 6.16. The zero-order chi connectivity index (χ0) is 14.8. The van der Waals surface area contributed by atoms with Gasteiger partial charge in [0.15, 0.2) is 5.82 Å². The van der Waals surface area contributed by atoms with Crippen molar-refractivity contribution in [2.24, 2.45) is 0 Å². The highest BCUT2D eigenvalue weighted by Gasteiger charge is 2.12. The molecule has 1 aromatic heterocycles. The van der Waals surface area contributed by atoms with E-state index >= 15 is 0 Å². The Morgan fingerprint density at radius 2 is 1.86 bits per heavy atom. The molecule has 0 aliphatic rings. The molecule has 0 aliphatic carbocycles. The average molecular weight is 412 g/mol. The lowest BCUT2D eigenvalue weighted by Gasteiger charge is -2.12. The molecular formula is C15H11ClIN3O.